The molecule has 32 heavy (non-hydrogen) atoms. The van der Waals surface area contributed by atoms with Gasteiger partial charge in [0, 0.05) is 18.7 Å². The summed E-state index contributed by atoms with van der Waals surface area (Å²) in [6.45, 7) is 8.72. The van der Waals surface area contributed by atoms with Crippen LogP contribution in [-0.4, -0.2) is 30.7 Å². The zero-order valence-corrected chi connectivity index (χ0v) is 18.1. The molecular formula is C25H23N5O2. The van der Waals surface area contributed by atoms with Crippen LogP contribution in [0, 0.1) is 0 Å². The van der Waals surface area contributed by atoms with Crippen molar-refractivity contribution in [2.45, 2.75) is 26.8 Å². The van der Waals surface area contributed by atoms with Crippen LogP contribution in [0.5, 0.6) is 5.75 Å². The van der Waals surface area contributed by atoms with E-state index in [1.54, 1.807) is 10.6 Å². The van der Waals surface area contributed by atoms with Gasteiger partial charge in [0.1, 0.15) is 22.5 Å². The van der Waals surface area contributed by atoms with Gasteiger partial charge in [-0.25, -0.2) is 15.0 Å². The molecule has 3 heterocycles. The van der Waals surface area contributed by atoms with E-state index in [1.807, 2.05) is 66.9 Å². The van der Waals surface area contributed by atoms with Crippen LogP contribution in [0.2, 0.25) is 0 Å². The number of nitrogens with zero attached hydrogens (tertiary/aromatic N) is 5. The number of hydrogen-bond acceptors (Lipinski definition) is 5. The average molecular weight is 425 g/mol. The van der Waals surface area contributed by atoms with Gasteiger partial charge in [0.25, 0.3) is 5.56 Å². The van der Waals surface area contributed by atoms with Gasteiger partial charge >= 0.3 is 0 Å². The Kier molecular flexibility index (Phi) is 4.93. The predicted molar refractivity (Wildman–Crippen MR) is 127 cm³/mol. The molecule has 0 aliphatic heterocycles. The molecule has 2 aromatic carbocycles. The number of ether oxygens (including phenoxy) is 1. The zero-order chi connectivity index (χ0) is 22.2. The standard InChI is InChI=1S/C25H23N5O2/c1-4-15-29-20(5-2)28-23-21(25(29)31)22-24(27-19-10-8-7-9-18(19)26-22)30(23)16-11-13-17(14-12-16)32-6-3/h4,7-14H,1,5-6,15H2,2-3H3. The van der Waals surface area contributed by atoms with E-state index in [-0.39, 0.29) is 5.56 Å². The number of fused-ring (bicyclic) bond motifs is 4. The van der Waals surface area contributed by atoms with Crippen molar-refractivity contribution >= 4 is 33.2 Å². The lowest BCUT2D eigenvalue weighted by molar-refractivity contribution is 0.340. The Hall–Kier alpha value is -4.00. The monoisotopic (exact) mass is 425 g/mol. The summed E-state index contributed by atoms with van der Waals surface area (Å²) >= 11 is 0. The molecule has 0 saturated carbocycles. The van der Waals surface area contributed by atoms with Crippen molar-refractivity contribution in [2.75, 3.05) is 6.61 Å². The molecule has 0 amide bonds. The molecule has 0 atom stereocenters. The summed E-state index contributed by atoms with van der Waals surface area (Å²) in [5.41, 5.74) is 3.91. The number of para-hydroxylation sites is 2. The van der Waals surface area contributed by atoms with Crippen molar-refractivity contribution in [3.05, 3.63) is 77.4 Å². The predicted octanol–water partition coefficient (Wildman–Crippen LogP) is 4.43. The Bertz CT molecular complexity index is 1530. The molecule has 7 heteroatoms. The lowest BCUT2D eigenvalue weighted by atomic mass is 10.3. The van der Waals surface area contributed by atoms with Gasteiger partial charge in [-0.3, -0.25) is 13.9 Å². The minimum atomic E-state index is -0.133. The van der Waals surface area contributed by atoms with Gasteiger partial charge in [0.15, 0.2) is 11.3 Å². The summed E-state index contributed by atoms with van der Waals surface area (Å²) in [6, 6.07) is 15.4. The molecule has 0 aliphatic rings. The molecule has 160 valence electrons. The summed E-state index contributed by atoms with van der Waals surface area (Å²) in [7, 11) is 0. The van der Waals surface area contributed by atoms with Crippen LogP contribution < -0.4 is 10.3 Å². The van der Waals surface area contributed by atoms with Crippen LogP contribution in [0.15, 0.2) is 66.0 Å². The van der Waals surface area contributed by atoms with Gasteiger partial charge < -0.3 is 4.74 Å². The van der Waals surface area contributed by atoms with Crippen LogP contribution in [0.3, 0.4) is 0 Å². The molecule has 0 bridgehead atoms. The van der Waals surface area contributed by atoms with E-state index in [0.717, 1.165) is 22.5 Å². The summed E-state index contributed by atoms with van der Waals surface area (Å²) in [5.74, 6) is 1.48. The Labute approximate surface area is 184 Å². The second kappa shape index (κ2) is 7.92. The van der Waals surface area contributed by atoms with E-state index < -0.39 is 0 Å². The topological polar surface area (TPSA) is 74.8 Å². The first-order chi connectivity index (χ1) is 15.7. The zero-order valence-electron chi connectivity index (χ0n) is 18.1. The number of rotatable bonds is 6. The van der Waals surface area contributed by atoms with Crippen molar-refractivity contribution in [3.8, 4) is 11.4 Å². The third kappa shape index (κ3) is 3.05. The lowest BCUT2D eigenvalue weighted by Gasteiger charge is -2.11. The maximum absolute atomic E-state index is 13.6. The highest BCUT2D eigenvalue weighted by Crippen LogP contribution is 2.29. The average Bonchev–Trinajstić information content (AvgIpc) is 3.13. The van der Waals surface area contributed by atoms with E-state index in [2.05, 4.69) is 6.58 Å². The van der Waals surface area contributed by atoms with Crippen molar-refractivity contribution in [1.82, 2.24) is 24.1 Å². The number of aryl methyl sites for hydroxylation is 1. The molecular weight excluding hydrogens is 402 g/mol. The third-order valence-electron chi connectivity index (χ3n) is 5.48. The first-order valence-corrected chi connectivity index (χ1v) is 10.7. The summed E-state index contributed by atoms with van der Waals surface area (Å²) in [6.07, 6.45) is 2.33. The normalized spacial score (nSPS) is 11.4. The van der Waals surface area contributed by atoms with Gasteiger partial charge in [-0.05, 0) is 43.3 Å². The summed E-state index contributed by atoms with van der Waals surface area (Å²) in [5, 5.41) is 0.464. The van der Waals surface area contributed by atoms with Crippen LogP contribution in [-0.2, 0) is 13.0 Å². The fourth-order valence-electron chi connectivity index (χ4n) is 4.06. The van der Waals surface area contributed by atoms with Gasteiger partial charge in [0.2, 0.25) is 0 Å². The molecule has 5 rings (SSSR count). The fourth-order valence-corrected chi connectivity index (χ4v) is 4.06. The molecule has 0 saturated heterocycles. The van der Waals surface area contributed by atoms with Crippen LogP contribution in [0.25, 0.3) is 38.9 Å². The van der Waals surface area contributed by atoms with E-state index in [1.165, 1.54) is 0 Å². The maximum atomic E-state index is 13.6. The fraction of sp³-hybridized carbons (Fsp3) is 0.200. The molecule has 0 unspecified atom stereocenters. The molecule has 7 nitrogen and oxygen atoms in total. The minimum absolute atomic E-state index is 0.133. The van der Waals surface area contributed by atoms with Gasteiger partial charge in [-0.2, -0.15) is 0 Å². The van der Waals surface area contributed by atoms with Crippen LogP contribution in [0.4, 0.5) is 0 Å². The minimum Gasteiger partial charge on any atom is -0.494 e. The Morgan fingerprint density at radius 2 is 1.69 bits per heavy atom. The highest BCUT2D eigenvalue weighted by Gasteiger charge is 2.22. The summed E-state index contributed by atoms with van der Waals surface area (Å²) < 4.78 is 9.17. The van der Waals surface area contributed by atoms with Crippen molar-refractivity contribution in [3.63, 3.8) is 0 Å². The van der Waals surface area contributed by atoms with E-state index in [9.17, 15) is 4.79 Å². The Morgan fingerprint density at radius 3 is 2.34 bits per heavy atom. The number of benzene rings is 2. The molecule has 0 radical (unpaired) electrons. The van der Waals surface area contributed by atoms with E-state index >= 15 is 0 Å². The second-order valence-corrected chi connectivity index (χ2v) is 7.43. The van der Waals surface area contributed by atoms with Crippen molar-refractivity contribution < 1.29 is 4.74 Å². The lowest BCUT2D eigenvalue weighted by Crippen LogP contribution is -2.24. The number of hydrogen-bond donors (Lipinski definition) is 0. The molecule has 0 spiro atoms. The Morgan fingerprint density at radius 1 is 0.969 bits per heavy atom. The molecule has 0 fully saturated rings. The van der Waals surface area contributed by atoms with E-state index in [0.29, 0.717) is 47.6 Å². The first kappa shape index (κ1) is 19.9. The molecule has 3 aromatic heterocycles. The van der Waals surface area contributed by atoms with Crippen molar-refractivity contribution in [2.24, 2.45) is 0 Å². The highest BCUT2D eigenvalue weighted by atomic mass is 16.5. The van der Waals surface area contributed by atoms with Gasteiger partial charge in [0.05, 0.1) is 17.6 Å². The smallest absolute Gasteiger partial charge is 0.265 e. The van der Waals surface area contributed by atoms with Crippen LogP contribution in [0.1, 0.15) is 19.7 Å². The quantitative estimate of drug-likeness (QED) is 0.376. The molecule has 0 aliphatic carbocycles. The van der Waals surface area contributed by atoms with Crippen LogP contribution >= 0.6 is 0 Å². The largest absolute Gasteiger partial charge is 0.494 e. The number of allylic oxidation sites excluding steroid dienone is 1. The maximum Gasteiger partial charge on any atom is 0.265 e. The highest BCUT2D eigenvalue weighted by molar-refractivity contribution is 6.05. The van der Waals surface area contributed by atoms with Crippen molar-refractivity contribution in [1.29, 1.82) is 0 Å². The molecule has 5 aromatic rings. The summed E-state index contributed by atoms with van der Waals surface area (Å²) in [4.78, 5) is 28.2. The Balaban J connectivity index is 1.93. The first-order valence-electron chi connectivity index (χ1n) is 10.7. The van der Waals surface area contributed by atoms with E-state index in [4.69, 9.17) is 19.7 Å². The third-order valence-corrected chi connectivity index (χ3v) is 5.48. The van der Waals surface area contributed by atoms with Gasteiger partial charge in [-0.15, -0.1) is 6.58 Å². The van der Waals surface area contributed by atoms with Gasteiger partial charge in [-0.1, -0.05) is 25.1 Å². The SMILES string of the molecule is C=CCn1c(CC)nc2c(c1=O)c1nc3ccccc3nc1n2-c1ccc(OCC)cc1. The number of aromatic nitrogens is 5. The second-order valence-electron chi connectivity index (χ2n) is 7.43. The molecule has 0 N–H and O–H groups in total.